The van der Waals surface area contributed by atoms with Crippen LogP contribution in [-0.2, 0) is 6.42 Å². The van der Waals surface area contributed by atoms with Crippen molar-refractivity contribution in [2.75, 3.05) is 0 Å². The highest BCUT2D eigenvalue weighted by Crippen LogP contribution is 2.42. The van der Waals surface area contributed by atoms with E-state index in [1.54, 1.807) is 0 Å². The van der Waals surface area contributed by atoms with E-state index in [1.165, 1.54) is 0 Å². The van der Waals surface area contributed by atoms with Gasteiger partial charge in [-0.15, -0.1) is 0 Å². The van der Waals surface area contributed by atoms with Crippen molar-refractivity contribution in [1.29, 1.82) is 0 Å². The minimum absolute atomic E-state index is 0.0382. The topological polar surface area (TPSA) is 58.1 Å². The van der Waals surface area contributed by atoms with E-state index in [2.05, 4.69) is 15.3 Å². The zero-order valence-corrected chi connectivity index (χ0v) is 12.6. The molecule has 2 aliphatic heterocycles. The second-order valence-electron chi connectivity index (χ2n) is 6.86. The first kappa shape index (κ1) is 13.3. The third kappa shape index (κ3) is 2.25. The fraction of sp³-hybridized carbons (Fsp3) is 0.667. The molecule has 3 rings (SSSR count). The fourth-order valence-corrected chi connectivity index (χ4v) is 3.27. The summed E-state index contributed by atoms with van der Waals surface area (Å²) in [6.45, 7) is 7.95. The van der Waals surface area contributed by atoms with E-state index in [9.17, 15) is 4.79 Å². The van der Waals surface area contributed by atoms with Gasteiger partial charge < -0.3 is 10.2 Å². The molecule has 2 bridgehead atoms. The van der Waals surface area contributed by atoms with Crippen molar-refractivity contribution in [2.24, 2.45) is 0 Å². The molecule has 0 unspecified atom stereocenters. The number of hydrogen-bond donors (Lipinski definition) is 1. The summed E-state index contributed by atoms with van der Waals surface area (Å²) < 4.78 is 0. The van der Waals surface area contributed by atoms with E-state index >= 15 is 0 Å². The van der Waals surface area contributed by atoms with Gasteiger partial charge in [0.25, 0.3) is 0 Å². The van der Waals surface area contributed by atoms with Gasteiger partial charge in [0.1, 0.15) is 5.82 Å². The number of aromatic nitrogens is 2. The average molecular weight is 274 g/mol. The van der Waals surface area contributed by atoms with Crippen molar-refractivity contribution in [1.82, 2.24) is 20.2 Å². The Kier molecular flexibility index (Phi) is 2.96. The molecule has 108 valence electrons. The number of fused-ring (bicyclic) bond motifs is 4. The Balaban J connectivity index is 1.89. The molecule has 5 heteroatoms. The van der Waals surface area contributed by atoms with E-state index in [0.29, 0.717) is 0 Å². The van der Waals surface area contributed by atoms with Gasteiger partial charge >= 0.3 is 6.03 Å². The number of rotatable bonds is 0. The summed E-state index contributed by atoms with van der Waals surface area (Å²) in [7, 11) is 0. The van der Waals surface area contributed by atoms with Crippen LogP contribution in [0.3, 0.4) is 0 Å². The van der Waals surface area contributed by atoms with Gasteiger partial charge in [0.2, 0.25) is 0 Å². The minimum atomic E-state index is -0.208. The molecular formula is C15H22N4O. The normalized spacial score (nSPS) is 24.5. The van der Waals surface area contributed by atoms with Crippen LogP contribution in [0, 0.1) is 6.92 Å². The molecule has 2 amide bonds. The highest BCUT2D eigenvalue weighted by Gasteiger charge is 2.43. The van der Waals surface area contributed by atoms with E-state index in [1.807, 2.05) is 38.8 Å². The lowest BCUT2D eigenvalue weighted by Crippen LogP contribution is -2.52. The Labute approximate surface area is 119 Å². The number of nitrogens with zero attached hydrogens (tertiary/aromatic N) is 3. The summed E-state index contributed by atoms with van der Waals surface area (Å²) in [5.41, 5.74) is 2.05. The van der Waals surface area contributed by atoms with Crippen LogP contribution >= 0.6 is 0 Å². The van der Waals surface area contributed by atoms with Gasteiger partial charge in [-0.2, -0.15) is 0 Å². The smallest absolute Gasteiger partial charge is 0.318 e. The molecule has 1 saturated heterocycles. The van der Waals surface area contributed by atoms with Crippen molar-refractivity contribution in [3.05, 3.63) is 23.3 Å². The number of aryl methyl sites for hydroxylation is 1. The quantitative estimate of drug-likeness (QED) is 0.790. The molecule has 0 aliphatic carbocycles. The molecule has 2 aliphatic rings. The molecule has 0 radical (unpaired) electrons. The Bertz CT molecular complexity index is 549. The summed E-state index contributed by atoms with van der Waals surface area (Å²) in [4.78, 5) is 23.4. The fourth-order valence-electron chi connectivity index (χ4n) is 3.27. The van der Waals surface area contributed by atoms with Gasteiger partial charge in [-0.3, -0.25) is 0 Å². The standard InChI is InChI=1S/C15H22N4O/c1-9-16-8-11-12(17-9)7-10-5-6-13(11)19(10)14(20)18-15(2,3)4/h8,10,13H,5-7H2,1-4H3,(H,18,20)/t10-,13+/m0/s1. The van der Waals surface area contributed by atoms with E-state index in [0.717, 1.165) is 36.3 Å². The lowest BCUT2D eigenvalue weighted by atomic mass is 9.99. The van der Waals surface area contributed by atoms with Crippen LogP contribution in [0.15, 0.2) is 6.20 Å². The Morgan fingerprint density at radius 1 is 1.40 bits per heavy atom. The molecule has 5 nitrogen and oxygen atoms in total. The van der Waals surface area contributed by atoms with Crippen LogP contribution in [0.2, 0.25) is 0 Å². The monoisotopic (exact) mass is 274 g/mol. The molecule has 3 heterocycles. The van der Waals surface area contributed by atoms with Crippen molar-refractivity contribution >= 4 is 6.03 Å². The molecule has 2 atom stereocenters. The number of nitrogens with one attached hydrogen (secondary N) is 1. The third-order valence-corrected chi connectivity index (χ3v) is 4.03. The van der Waals surface area contributed by atoms with E-state index in [4.69, 9.17) is 0 Å². The first-order chi connectivity index (χ1) is 9.35. The molecule has 1 fully saturated rings. The van der Waals surface area contributed by atoms with Crippen LogP contribution in [0.1, 0.15) is 56.7 Å². The van der Waals surface area contributed by atoms with Gasteiger partial charge in [-0.05, 0) is 40.5 Å². The van der Waals surface area contributed by atoms with E-state index < -0.39 is 0 Å². The number of carbonyl (C=O) groups is 1. The number of carbonyl (C=O) groups excluding carboxylic acids is 1. The maximum absolute atomic E-state index is 12.5. The van der Waals surface area contributed by atoms with Crippen LogP contribution in [0.25, 0.3) is 0 Å². The van der Waals surface area contributed by atoms with Crippen molar-refractivity contribution in [3.8, 4) is 0 Å². The van der Waals surface area contributed by atoms with Gasteiger partial charge in [-0.1, -0.05) is 0 Å². The highest BCUT2D eigenvalue weighted by molar-refractivity contribution is 5.76. The van der Waals surface area contributed by atoms with Gasteiger partial charge in [0.05, 0.1) is 11.7 Å². The van der Waals surface area contributed by atoms with E-state index in [-0.39, 0.29) is 23.7 Å². The third-order valence-electron chi connectivity index (χ3n) is 4.03. The van der Waals surface area contributed by atoms with Crippen molar-refractivity contribution in [3.63, 3.8) is 0 Å². The number of urea groups is 1. The SMILES string of the molecule is Cc1ncc2c(n1)C[C@@H]1CC[C@H]2N1C(=O)NC(C)(C)C. The van der Waals surface area contributed by atoms with Gasteiger partial charge in [-0.25, -0.2) is 14.8 Å². The van der Waals surface area contributed by atoms with Gasteiger partial charge in [0.15, 0.2) is 0 Å². The average Bonchev–Trinajstić information content (AvgIpc) is 2.63. The maximum atomic E-state index is 12.5. The Morgan fingerprint density at radius 3 is 2.85 bits per heavy atom. The maximum Gasteiger partial charge on any atom is 0.318 e. The summed E-state index contributed by atoms with van der Waals surface area (Å²) >= 11 is 0. The lowest BCUT2D eigenvalue weighted by molar-refractivity contribution is 0.157. The highest BCUT2D eigenvalue weighted by atomic mass is 16.2. The Hall–Kier alpha value is -1.65. The molecule has 0 aromatic carbocycles. The second-order valence-corrected chi connectivity index (χ2v) is 6.86. The molecular weight excluding hydrogens is 252 g/mol. The first-order valence-corrected chi connectivity index (χ1v) is 7.28. The largest absolute Gasteiger partial charge is 0.333 e. The Morgan fingerprint density at radius 2 is 2.15 bits per heavy atom. The zero-order valence-electron chi connectivity index (χ0n) is 12.6. The first-order valence-electron chi connectivity index (χ1n) is 7.28. The zero-order chi connectivity index (χ0) is 14.5. The molecule has 20 heavy (non-hydrogen) atoms. The molecule has 0 spiro atoms. The second kappa shape index (κ2) is 4.43. The lowest BCUT2D eigenvalue weighted by Gasteiger charge is -2.37. The molecule has 1 N–H and O–H groups in total. The summed E-state index contributed by atoms with van der Waals surface area (Å²) in [5.74, 6) is 0.816. The van der Waals surface area contributed by atoms with Crippen LogP contribution in [0.5, 0.6) is 0 Å². The number of hydrogen-bond acceptors (Lipinski definition) is 3. The van der Waals surface area contributed by atoms with Crippen LogP contribution in [-0.4, -0.2) is 32.5 Å². The van der Waals surface area contributed by atoms with Gasteiger partial charge in [0, 0.05) is 29.8 Å². The number of amides is 2. The summed E-state index contributed by atoms with van der Waals surface area (Å²) in [6, 6.07) is 0.465. The predicted octanol–water partition coefficient (Wildman–Crippen LogP) is 2.35. The van der Waals surface area contributed by atoms with Crippen LogP contribution in [0.4, 0.5) is 4.79 Å². The minimum Gasteiger partial charge on any atom is -0.333 e. The predicted molar refractivity (Wildman–Crippen MR) is 76.4 cm³/mol. The molecule has 0 saturated carbocycles. The molecule has 1 aromatic heterocycles. The summed E-state index contributed by atoms with van der Waals surface area (Å²) in [6.07, 6.45) is 4.83. The molecule has 1 aromatic rings. The van der Waals surface area contributed by atoms with Crippen molar-refractivity contribution < 1.29 is 4.79 Å². The summed E-state index contributed by atoms with van der Waals surface area (Å²) in [5, 5.41) is 3.08. The van der Waals surface area contributed by atoms with Crippen molar-refractivity contribution in [2.45, 2.75) is 64.6 Å². The van der Waals surface area contributed by atoms with Crippen LogP contribution < -0.4 is 5.32 Å².